The zero-order valence-corrected chi connectivity index (χ0v) is 11.7. The molecule has 0 aromatic heterocycles. The molecule has 2 N–H and O–H groups in total. The van der Waals surface area contributed by atoms with Crippen molar-refractivity contribution in [2.75, 3.05) is 5.73 Å². The number of nitrogen functional groups attached to an aromatic ring is 1. The van der Waals surface area contributed by atoms with Gasteiger partial charge in [0.1, 0.15) is 0 Å². The molecule has 1 nitrogen and oxygen atoms in total. The van der Waals surface area contributed by atoms with E-state index < -0.39 is 0 Å². The lowest BCUT2D eigenvalue weighted by atomic mass is 10.2. The summed E-state index contributed by atoms with van der Waals surface area (Å²) >= 11 is 0. The van der Waals surface area contributed by atoms with Gasteiger partial charge >= 0.3 is 0 Å². The minimum atomic E-state index is 0.822. The van der Waals surface area contributed by atoms with Crippen molar-refractivity contribution in [3.8, 4) is 0 Å². The highest BCUT2D eigenvalue weighted by Crippen LogP contribution is 1.97. The van der Waals surface area contributed by atoms with Crippen molar-refractivity contribution in [1.29, 1.82) is 0 Å². The van der Waals surface area contributed by atoms with Gasteiger partial charge in [-0.25, -0.2) is 0 Å². The summed E-state index contributed by atoms with van der Waals surface area (Å²) in [7, 11) is 0. The summed E-state index contributed by atoms with van der Waals surface area (Å²) in [5.41, 5.74) is 9.03. The molecule has 0 bridgehead atoms. The Morgan fingerprint density at radius 1 is 0.875 bits per heavy atom. The molecule has 0 aliphatic rings. The standard InChI is InChI=1S/C6H7N.C6H12.C3H8/c7-6-4-2-1-3-5-6;1-5(2)6(3)4;1-3-2/h1-5H,7H2;1-4H3;3H2,1-2H3. The zero-order valence-electron chi connectivity index (χ0n) is 11.7. The van der Waals surface area contributed by atoms with Crippen molar-refractivity contribution < 1.29 is 0 Å². The van der Waals surface area contributed by atoms with Crippen molar-refractivity contribution in [2.24, 2.45) is 0 Å². The fourth-order valence-corrected chi connectivity index (χ4v) is 0.453. The van der Waals surface area contributed by atoms with E-state index >= 15 is 0 Å². The minimum absolute atomic E-state index is 0.822. The second kappa shape index (κ2) is 11.8. The lowest BCUT2D eigenvalue weighted by Crippen LogP contribution is -1.79. The molecule has 0 fully saturated rings. The van der Waals surface area contributed by atoms with Crippen LogP contribution in [0.15, 0.2) is 41.5 Å². The molecule has 0 amide bonds. The van der Waals surface area contributed by atoms with Gasteiger partial charge in [0.2, 0.25) is 0 Å². The molecule has 1 heteroatoms. The quantitative estimate of drug-likeness (QED) is 0.481. The van der Waals surface area contributed by atoms with Gasteiger partial charge in [0.25, 0.3) is 0 Å². The predicted octanol–water partition coefficient (Wildman–Crippen LogP) is 5.05. The van der Waals surface area contributed by atoms with Crippen LogP contribution in [0.1, 0.15) is 48.0 Å². The molecule has 0 saturated heterocycles. The average Bonchev–Trinajstić information content (AvgIpc) is 2.20. The average molecular weight is 221 g/mol. The van der Waals surface area contributed by atoms with Crippen LogP contribution >= 0.6 is 0 Å². The molecule has 0 heterocycles. The number of anilines is 1. The fraction of sp³-hybridized carbons (Fsp3) is 0.467. The number of allylic oxidation sites excluding steroid dienone is 2. The number of para-hydroxylation sites is 1. The molecule has 92 valence electrons. The molecule has 0 radical (unpaired) electrons. The van der Waals surface area contributed by atoms with E-state index in [0.717, 1.165) is 5.69 Å². The van der Waals surface area contributed by atoms with Crippen LogP contribution in [0.5, 0.6) is 0 Å². The maximum atomic E-state index is 5.36. The van der Waals surface area contributed by atoms with Crippen molar-refractivity contribution >= 4 is 5.69 Å². The Balaban J connectivity index is 0. The first kappa shape index (κ1) is 17.2. The molecule has 16 heavy (non-hydrogen) atoms. The summed E-state index contributed by atoms with van der Waals surface area (Å²) in [6.45, 7) is 12.7. The molecule has 0 atom stereocenters. The van der Waals surface area contributed by atoms with E-state index in [9.17, 15) is 0 Å². The third-order valence-corrected chi connectivity index (χ3v) is 1.80. The summed E-state index contributed by atoms with van der Waals surface area (Å²) in [4.78, 5) is 0. The van der Waals surface area contributed by atoms with Crippen LogP contribution in [-0.4, -0.2) is 0 Å². The Hall–Kier alpha value is -1.24. The van der Waals surface area contributed by atoms with Crippen molar-refractivity contribution in [1.82, 2.24) is 0 Å². The van der Waals surface area contributed by atoms with E-state index in [4.69, 9.17) is 5.73 Å². The largest absolute Gasteiger partial charge is 0.399 e. The van der Waals surface area contributed by atoms with Gasteiger partial charge in [0, 0.05) is 5.69 Å². The normalized spacial score (nSPS) is 7.88. The highest BCUT2D eigenvalue weighted by molar-refractivity contribution is 5.35. The molecule has 1 aromatic carbocycles. The highest BCUT2D eigenvalue weighted by atomic mass is 14.5. The number of hydrogen-bond acceptors (Lipinski definition) is 1. The van der Waals surface area contributed by atoms with Crippen molar-refractivity contribution in [2.45, 2.75) is 48.0 Å². The van der Waals surface area contributed by atoms with Gasteiger partial charge in [-0.3, -0.25) is 0 Å². The first-order valence-electron chi connectivity index (χ1n) is 5.86. The fourth-order valence-electron chi connectivity index (χ4n) is 0.453. The summed E-state index contributed by atoms with van der Waals surface area (Å²) in [6.07, 6.45) is 1.25. The second-order valence-corrected chi connectivity index (χ2v) is 4.12. The molecule has 0 unspecified atom stereocenters. The van der Waals surface area contributed by atoms with Crippen LogP contribution in [0.2, 0.25) is 0 Å². The first-order chi connectivity index (χ1) is 7.45. The SMILES string of the molecule is CC(C)=C(C)C.CCC.Nc1ccccc1. The number of benzene rings is 1. The molecule has 0 aliphatic carbocycles. The molecular weight excluding hydrogens is 194 g/mol. The maximum Gasteiger partial charge on any atom is 0.0313 e. The van der Waals surface area contributed by atoms with E-state index in [1.54, 1.807) is 0 Å². The highest BCUT2D eigenvalue weighted by Gasteiger charge is 1.75. The maximum absolute atomic E-state index is 5.36. The van der Waals surface area contributed by atoms with E-state index in [-0.39, 0.29) is 0 Å². The number of rotatable bonds is 0. The Morgan fingerprint density at radius 3 is 1.31 bits per heavy atom. The number of nitrogens with two attached hydrogens (primary N) is 1. The third kappa shape index (κ3) is 15.2. The van der Waals surface area contributed by atoms with Crippen LogP contribution < -0.4 is 5.73 Å². The molecule has 1 aromatic rings. The Morgan fingerprint density at radius 2 is 1.19 bits per heavy atom. The van der Waals surface area contributed by atoms with E-state index in [1.165, 1.54) is 17.6 Å². The molecule has 1 rings (SSSR count). The monoisotopic (exact) mass is 221 g/mol. The first-order valence-corrected chi connectivity index (χ1v) is 5.86. The van der Waals surface area contributed by atoms with E-state index in [0.29, 0.717) is 0 Å². The Kier molecular flexibility index (Phi) is 12.7. The summed E-state index contributed by atoms with van der Waals surface area (Å²) in [5.74, 6) is 0. The van der Waals surface area contributed by atoms with Gasteiger partial charge in [-0.05, 0) is 39.8 Å². The predicted molar refractivity (Wildman–Crippen MR) is 76.5 cm³/mol. The summed E-state index contributed by atoms with van der Waals surface area (Å²) in [6, 6.07) is 9.49. The van der Waals surface area contributed by atoms with Crippen LogP contribution in [0, 0.1) is 0 Å². The van der Waals surface area contributed by atoms with Gasteiger partial charge in [-0.2, -0.15) is 0 Å². The summed E-state index contributed by atoms with van der Waals surface area (Å²) < 4.78 is 0. The number of hydrogen-bond donors (Lipinski definition) is 1. The van der Waals surface area contributed by atoms with Crippen LogP contribution in [0.4, 0.5) is 5.69 Å². The summed E-state index contributed by atoms with van der Waals surface area (Å²) in [5, 5.41) is 0. The lowest BCUT2D eigenvalue weighted by molar-refractivity contribution is 1.09. The lowest BCUT2D eigenvalue weighted by Gasteiger charge is -1.88. The topological polar surface area (TPSA) is 26.0 Å². The van der Waals surface area contributed by atoms with Gasteiger partial charge < -0.3 is 5.73 Å². The zero-order chi connectivity index (χ0) is 13.0. The smallest absolute Gasteiger partial charge is 0.0313 e. The molecule has 0 aliphatic heterocycles. The van der Waals surface area contributed by atoms with Gasteiger partial charge in [0.15, 0.2) is 0 Å². The van der Waals surface area contributed by atoms with Crippen LogP contribution in [0.25, 0.3) is 0 Å². The third-order valence-electron chi connectivity index (χ3n) is 1.80. The van der Waals surface area contributed by atoms with Gasteiger partial charge in [-0.1, -0.05) is 49.6 Å². The Labute approximate surface area is 101 Å². The van der Waals surface area contributed by atoms with Crippen LogP contribution in [0.3, 0.4) is 0 Å². The van der Waals surface area contributed by atoms with Crippen LogP contribution in [-0.2, 0) is 0 Å². The van der Waals surface area contributed by atoms with E-state index in [1.807, 2.05) is 30.3 Å². The van der Waals surface area contributed by atoms with Gasteiger partial charge in [0.05, 0.1) is 0 Å². The Bertz CT molecular complexity index is 255. The minimum Gasteiger partial charge on any atom is -0.399 e. The van der Waals surface area contributed by atoms with Gasteiger partial charge in [-0.15, -0.1) is 0 Å². The second-order valence-electron chi connectivity index (χ2n) is 4.12. The van der Waals surface area contributed by atoms with E-state index in [2.05, 4.69) is 41.5 Å². The van der Waals surface area contributed by atoms with Crippen molar-refractivity contribution in [3.63, 3.8) is 0 Å². The molecular formula is C15H27N. The molecule has 0 spiro atoms. The van der Waals surface area contributed by atoms with Crippen molar-refractivity contribution in [3.05, 3.63) is 41.5 Å². The molecule has 0 saturated carbocycles.